The Morgan fingerprint density at radius 2 is 1.55 bits per heavy atom. The molecule has 0 aliphatic heterocycles. The Bertz CT molecular complexity index is 1440. The number of carbonyl (C=O) groups excluding carboxylic acids is 1. The predicted octanol–water partition coefficient (Wildman–Crippen LogP) is 3.62. The van der Waals surface area contributed by atoms with E-state index in [-0.39, 0.29) is 40.7 Å². The van der Waals surface area contributed by atoms with E-state index in [1.165, 1.54) is 41.7 Å². The molecule has 12 heteroatoms. The van der Waals surface area contributed by atoms with E-state index < -0.39 is 26.0 Å². The lowest BCUT2D eigenvalue weighted by molar-refractivity contribution is -0.116. The number of carbonyl (C=O) groups is 1. The van der Waals surface area contributed by atoms with Crippen LogP contribution >= 0.6 is 0 Å². The third-order valence-corrected chi connectivity index (χ3v) is 8.83. The van der Waals surface area contributed by atoms with Gasteiger partial charge in [0, 0.05) is 19.5 Å². The smallest absolute Gasteiger partial charge is 0.264 e. The average Bonchev–Trinajstić information content (AvgIpc) is 2.90. The summed E-state index contributed by atoms with van der Waals surface area (Å²) >= 11 is 0. The van der Waals surface area contributed by atoms with Crippen molar-refractivity contribution in [3.8, 4) is 11.5 Å². The van der Waals surface area contributed by atoms with Crippen LogP contribution in [-0.2, 0) is 24.8 Å². The summed E-state index contributed by atoms with van der Waals surface area (Å²) in [4.78, 5) is 12.6. The van der Waals surface area contributed by atoms with Crippen molar-refractivity contribution in [2.24, 2.45) is 0 Å². The van der Waals surface area contributed by atoms with Crippen molar-refractivity contribution in [1.29, 1.82) is 0 Å². The minimum atomic E-state index is -3.94. The molecule has 2 N–H and O–H groups in total. The van der Waals surface area contributed by atoms with E-state index in [1.807, 2.05) is 6.92 Å². The first kappa shape index (κ1) is 29.0. The van der Waals surface area contributed by atoms with Gasteiger partial charge in [-0.3, -0.25) is 9.10 Å². The predicted molar refractivity (Wildman–Crippen MR) is 146 cm³/mol. The largest absolute Gasteiger partial charge is 0.495 e. The summed E-state index contributed by atoms with van der Waals surface area (Å²) in [6.45, 7) is 4.05. The van der Waals surface area contributed by atoms with Gasteiger partial charge in [-0.2, -0.15) is 0 Å². The van der Waals surface area contributed by atoms with Crippen LogP contribution < -0.4 is 23.8 Å². The highest BCUT2D eigenvalue weighted by molar-refractivity contribution is 7.92. The molecule has 3 aromatic rings. The van der Waals surface area contributed by atoms with Crippen LogP contribution in [0.4, 0.5) is 11.4 Å². The van der Waals surface area contributed by atoms with Crippen molar-refractivity contribution < 1.29 is 31.1 Å². The van der Waals surface area contributed by atoms with Gasteiger partial charge >= 0.3 is 0 Å². The Balaban J connectivity index is 1.70. The second kappa shape index (κ2) is 12.8. The van der Waals surface area contributed by atoms with Crippen molar-refractivity contribution in [3.05, 3.63) is 72.8 Å². The highest BCUT2D eigenvalue weighted by Gasteiger charge is 2.25. The first-order valence-corrected chi connectivity index (χ1v) is 14.8. The van der Waals surface area contributed by atoms with Crippen LogP contribution in [0.15, 0.2) is 82.6 Å². The number of nitrogens with one attached hydrogen (secondary N) is 2. The number of hydrogen-bond acceptors (Lipinski definition) is 7. The molecule has 204 valence electrons. The number of amides is 1. The van der Waals surface area contributed by atoms with Gasteiger partial charge in [0.2, 0.25) is 15.9 Å². The molecule has 0 unspecified atom stereocenters. The van der Waals surface area contributed by atoms with Gasteiger partial charge in [-0.05, 0) is 68.4 Å². The van der Waals surface area contributed by atoms with Gasteiger partial charge < -0.3 is 14.8 Å². The van der Waals surface area contributed by atoms with E-state index in [2.05, 4.69) is 10.0 Å². The molecule has 3 rings (SSSR count). The number of sulfonamides is 2. The lowest BCUT2D eigenvalue weighted by Crippen LogP contribution is -2.31. The molecule has 0 bridgehead atoms. The molecule has 0 aliphatic rings. The lowest BCUT2D eigenvalue weighted by atomic mass is 10.2. The van der Waals surface area contributed by atoms with Crippen LogP contribution in [0, 0.1) is 0 Å². The molecule has 0 heterocycles. The fourth-order valence-corrected chi connectivity index (χ4v) is 6.17. The molecule has 1 amide bonds. The molecule has 0 fully saturated rings. The Morgan fingerprint density at radius 1 is 0.895 bits per heavy atom. The molecule has 0 radical (unpaired) electrons. The van der Waals surface area contributed by atoms with Crippen molar-refractivity contribution in [2.45, 2.75) is 30.1 Å². The van der Waals surface area contributed by atoms with Gasteiger partial charge in [0.25, 0.3) is 10.0 Å². The molecule has 3 aromatic carbocycles. The third-order valence-electron chi connectivity index (χ3n) is 5.45. The summed E-state index contributed by atoms with van der Waals surface area (Å²) in [5.41, 5.74) is 0.660. The SMILES string of the molecule is CCOc1ccc(S(=O)(=O)NCCC(=O)Nc2cc(S(=O)(=O)N(CC)c3ccccc3)ccc2OC)cc1. The average molecular weight is 562 g/mol. The van der Waals surface area contributed by atoms with Gasteiger partial charge in [-0.25, -0.2) is 21.6 Å². The number of nitrogens with zero attached hydrogens (tertiary/aromatic N) is 1. The van der Waals surface area contributed by atoms with Crippen LogP contribution in [0.2, 0.25) is 0 Å². The topological polar surface area (TPSA) is 131 Å². The summed E-state index contributed by atoms with van der Waals surface area (Å²) in [7, 11) is -6.37. The molecular weight excluding hydrogens is 530 g/mol. The lowest BCUT2D eigenvalue weighted by Gasteiger charge is -2.23. The quantitative estimate of drug-likeness (QED) is 0.326. The number of benzene rings is 3. The molecule has 38 heavy (non-hydrogen) atoms. The van der Waals surface area contributed by atoms with Crippen LogP contribution in [0.3, 0.4) is 0 Å². The number of anilines is 2. The summed E-state index contributed by atoms with van der Waals surface area (Å²) in [5, 5.41) is 2.62. The van der Waals surface area contributed by atoms with E-state index in [0.717, 1.165) is 0 Å². The van der Waals surface area contributed by atoms with Crippen LogP contribution in [0.25, 0.3) is 0 Å². The molecule has 0 aromatic heterocycles. The normalized spacial score (nSPS) is 11.6. The Kier molecular flexibility index (Phi) is 9.72. The Morgan fingerprint density at radius 3 is 2.16 bits per heavy atom. The van der Waals surface area contributed by atoms with Crippen molar-refractivity contribution in [2.75, 3.05) is 36.4 Å². The van der Waals surface area contributed by atoms with Gasteiger partial charge in [0.1, 0.15) is 11.5 Å². The second-order valence-corrected chi connectivity index (χ2v) is 11.6. The molecule has 0 saturated carbocycles. The van der Waals surface area contributed by atoms with E-state index >= 15 is 0 Å². The fourth-order valence-electron chi connectivity index (χ4n) is 3.63. The molecule has 0 saturated heterocycles. The van der Waals surface area contributed by atoms with Gasteiger partial charge in [-0.15, -0.1) is 0 Å². The molecular formula is C26H31N3O7S2. The third kappa shape index (κ3) is 7.03. The van der Waals surface area contributed by atoms with Crippen molar-refractivity contribution in [1.82, 2.24) is 4.72 Å². The fraction of sp³-hybridized carbons (Fsp3) is 0.269. The minimum absolute atomic E-state index is 0.0319. The monoisotopic (exact) mass is 561 g/mol. The van der Waals surface area contributed by atoms with E-state index in [4.69, 9.17) is 9.47 Å². The highest BCUT2D eigenvalue weighted by Crippen LogP contribution is 2.31. The zero-order valence-corrected chi connectivity index (χ0v) is 23.0. The maximum Gasteiger partial charge on any atom is 0.264 e. The van der Waals surface area contributed by atoms with Gasteiger partial charge in [-0.1, -0.05) is 18.2 Å². The molecule has 0 atom stereocenters. The first-order valence-electron chi connectivity index (χ1n) is 11.9. The van der Waals surface area contributed by atoms with Gasteiger partial charge in [0.15, 0.2) is 0 Å². The van der Waals surface area contributed by atoms with E-state index in [0.29, 0.717) is 18.0 Å². The zero-order valence-electron chi connectivity index (χ0n) is 21.4. The standard InChI is InChI=1S/C26H31N3O7S2/c1-4-29(20-9-7-6-8-10-20)38(33,34)23-15-16-25(35-3)24(19-23)28-26(30)17-18-27-37(31,32)22-13-11-21(12-14-22)36-5-2/h6-16,19,27H,4-5,17-18H2,1-3H3,(H,28,30). The number of para-hydroxylation sites is 1. The van der Waals surface area contributed by atoms with E-state index in [9.17, 15) is 21.6 Å². The number of rotatable bonds is 13. The van der Waals surface area contributed by atoms with Crippen molar-refractivity contribution >= 4 is 37.3 Å². The summed E-state index contributed by atoms with van der Waals surface area (Å²) in [6, 6.07) is 18.8. The Hall–Kier alpha value is -3.61. The maximum atomic E-state index is 13.4. The van der Waals surface area contributed by atoms with E-state index in [1.54, 1.807) is 49.4 Å². The minimum Gasteiger partial charge on any atom is -0.495 e. The zero-order chi connectivity index (χ0) is 27.8. The highest BCUT2D eigenvalue weighted by atomic mass is 32.2. The van der Waals surface area contributed by atoms with Crippen LogP contribution in [0.5, 0.6) is 11.5 Å². The number of methoxy groups -OCH3 is 1. The van der Waals surface area contributed by atoms with Crippen molar-refractivity contribution in [3.63, 3.8) is 0 Å². The number of hydrogen-bond donors (Lipinski definition) is 2. The maximum absolute atomic E-state index is 13.4. The Labute approximate surface area is 223 Å². The summed E-state index contributed by atoms with van der Waals surface area (Å²) in [6.07, 6.45) is -0.193. The number of ether oxygens (including phenoxy) is 2. The molecule has 0 spiro atoms. The molecule has 10 nitrogen and oxygen atoms in total. The summed E-state index contributed by atoms with van der Waals surface area (Å²) in [5.74, 6) is 0.285. The van der Waals surface area contributed by atoms with Crippen LogP contribution in [-0.4, -0.2) is 49.5 Å². The van der Waals surface area contributed by atoms with Gasteiger partial charge in [0.05, 0.1) is 34.9 Å². The van der Waals surface area contributed by atoms with Crippen LogP contribution in [0.1, 0.15) is 20.3 Å². The molecule has 0 aliphatic carbocycles. The summed E-state index contributed by atoms with van der Waals surface area (Å²) < 4.78 is 66.0. The first-order chi connectivity index (χ1) is 18.1. The second-order valence-electron chi connectivity index (χ2n) is 7.97.